The topological polar surface area (TPSA) is 30.0 Å². The average Bonchev–Trinajstić information content (AvgIpc) is 2.83. The lowest BCUT2D eigenvalue weighted by Crippen LogP contribution is -2.44. The van der Waals surface area contributed by atoms with E-state index in [4.69, 9.17) is 0 Å². The van der Waals surface area contributed by atoms with E-state index in [2.05, 4.69) is 82.2 Å². The summed E-state index contributed by atoms with van der Waals surface area (Å²) >= 11 is 0. The van der Waals surface area contributed by atoms with Gasteiger partial charge < -0.3 is 19.6 Å². The second-order valence-corrected chi connectivity index (χ2v) is 8.83. The van der Waals surface area contributed by atoms with Crippen molar-refractivity contribution in [2.45, 2.75) is 0 Å². The molecule has 5 nitrogen and oxygen atoms in total. The van der Waals surface area contributed by atoms with E-state index in [9.17, 15) is 4.79 Å². The highest BCUT2D eigenvalue weighted by atomic mass is 16.1. The van der Waals surface area contributed by atoms with Crippen molar-refractivity contribution < 1.29 is 4.79 Å². The lowest BCUT2D eigenvalue weighted by Gasteiger charge is -2.34. The molecule has 0 amide bonds. The van der Waals surface area contributed by atoms with Gasteiger partial charge in [-0.25, -0.2) is 0 Å². The Morgan fingerprint density at radius 3 is 1.28 bits per heavy atom. The van der Waals surface area contributed by atoms with Crippen LogP contribution in [0.2, 0.25) is 0 Å². The molecule has 0 aromatic heterocycles. The molecule has 4 rings (SSSR count). The fourth-order valence-corrected chi connectivity index (χ4v) is 4.13. The van der Waals surface area contributed by atoms with Crippen LogP contribution in [-0.4, -0.2) is 82.0 Å². The quantitative estimate of drug-likeness (QED) is 0.655. The number of allylic oxidation sites excluding steroid dienone is 2. The van der Waals surface area contributed by atoms with E-state index in [1.165, 1.54) is 11.4 Å². The number of hydrogen-bond donors (Lipinski definition) is 0. The Balaban J connectivity index is 1.28. The predicted octanol–water partition coefficient (Wildman–Crippen LogP) is 3.49. The van der Waals surface area contributed by atoms with Crippen molar-refractivity contribution in [1.82, 2.24) is 9.80 Å². The Labute approximate surface area is 192 Å². The van der Waals surface area contributed by atoms with Crippen LogP contribution in [0.25, 0.3) is 12.2 Å². The second kappa shape index (κ2) is 10.6. The summed E-state index contributed by atoms with van der Waals surface area (Å²) in [5.41, 5.74) is 4.59. The van der Waals surface area contributed by atoms with Gasteiger partial charge in [0.1, 0.15) is 0 Å². The number of carbonyl (C=O) groups is 1. The van der Waals surface area contributed by atoms with Crippen molar-refractivity contribution in [3.8, 4) is 0 Å². The van der Waals surface area contributed by atoms with Crippen LogP contribution in [0.4, 0.5) is 11.4 Å². The summed E-state index contributed by atoms with van der Waals surface area (Å²) in [7, 11) is 4.33. The van der Waals surface area contributed by atoms with Gasteiger partial charge in [0.15, 0.2) is 5.78 Å². The molecule has 32 heavy (non-hydrogen) atoms. The lowest BCUT2D eigenvalue weighted by atomic mass is 10.1. The zero-order valence-corrected chi connectivity index (χ0v) is 19.3. The largest absolute Gasteiger partial charge is 0.369 e. The van der Waals surface area contributed by atoms with Crippen LogP contribution in [0.5, 0.6) is 0 Å². The minimum absolute atomic E-state index is 0.00344. The van der Waals surface area contributed by atoms with E-state index in [1.54, 1.807) is 12.2 Å². The zero-order valence-electron chi connectivity index (χ0n) is 19.3. The molecule has 5 heteroatoms. The number of carbonyl (C=O) groups excluding carboxylic acids is 1. The fourth-order valence-electron chi connectivity index (χ4n) is 4.13. The summed E-state index contributed by atoms with van der Waals surface area (Å²) in [6.45, 7) is 8.64. The van der Waals surface area contributed by atoms with Gasteiger partial charge in [0.05, 0.1) is 0 Å². The minimum Gasteiger partial charge on any atom is -0.369 e. The number of benzene rings is 2. The molecule has 0 atom stereocenters. The Hall–Kier alpha value is -2.89. The van der Waals surface area contributed by atoms with E-state index < -0.39 is 0 Å². The van der Waals surface area contributed by atoms with E-state index in [1.807, 2.05) is 12.2 Å². The number of nitrogens with zero attached hydrogens (tertiary/aromatic N) is 4. The van der Waals surface area contributed by atoms with Crippen molar-refractivity contribution in [3.05, 3.63) is 71.8 Å². The van der Waals surface area contributed by atoms with Crippen LogP contribution in [0.1, 0.15) is 11.1 Å². The van der Waals surface area contributed by atoms with Gasteiger partial charge in [-0.15, -0.1) is 0 Å². The van der Waals surface area contributed by atoms with Crippen molar-refractivity contribution in [2.24, 2.45) is 0 Å². The lowest BCUT2D eigenvalue weighted by molar-refractivity contribution is -0.110. The number of piperazine rings is 2. The van der Waals surface area contributed by atoms with E-state index in [0.717, 1.165) is 63.5 Å². The number of hydrogen-bond acceptors (Lipinski definition) is 5. The smallest absolute Gasteiger partial charge is 0.178 e. The molecule has 2 aromatic rings. The normalized spacial score (nSPS) is 18.7. The first-order valence-electron chi connectivity index (χ1n) is 11.5. The number of rotatable bonds is 6. The maximum absolute atomic E-state index is 12.3. The molecule has 2 aliphatic heterocycles. The molecular weight excluding hydrogens is 396 g/mol. The van der Waals surface area contributed by atoms with Crippen molar-refractivity contribution in [3.63, 3.8) is 0 Å². The third kappa shape index (κ3) is 6.09. The summed E-state index contributed by atoms with van der Waals surface area (Å²) in [5.74, 6) is -0.00344. The van der Waals surface area contributed by atoms with E-state index >= 15 is 0 Å². The van der Waals surface area contributed by atoms with Crippen molar-refractivity contribution >= 4 is 29.3 Å². The fraction of sp³-hybridized carbons (Fsp3) is 0.370. The molecule has 0 unspecified atom stereocenters. The standard InChI is InChI=1S/C27H34N4O/c1-28-15-19-30(20-16-28)25-9-3-23(4-10-25)7-13-27(32)14-8-24-5-11-26(12-6-24)31-21-17-29(2)18-22-31/h3-14H,15-22H2,1-2H3/b13-7+,14-8+. The van der Waals surface area contributed by atoms with Crippen LogP contribution >= 0.6 is 0 Å². The summed E-state index contributed by atoms with van der Waals surface area (Å²) < 4.78 is 0. The van der Waals surface area contributed by atoms with Gasteiger partial charge in [-0.3, -0.25) is 4.79 Å². The SMILES string of the molecule is CN1CCN(c2ccc(/C=C/C(=O)/C=C/c3ccc(N4CCN(C)CC4)cc3)cc2)CC1. The molecular formula is C27H34N4O. The molecule has 2 saturated heterocycles. The second-order valence-electron chi connectivity index (χ2n) is 8.83. The number of anilines is 2. The first kappa shape index (κ1) is 22.3. The third-order valence-corrected chi connectivity index (χ3v) is 6.40. The molecule has 0 N–H and O–H groups in total. The predicted molar refractivity (Wildman–Crippen MR) is 135 cm³/mol. The highest BCUT2D eigenvalue weighted by Crippen LogP contribution is 2.19. The monoisotopic (exact) mass is 430 g/mol. The first-order valence-corrected chi connectivity index (χ1v) is 11.5. The highest BCUT2D eigenvalue weighted by Gasteiger charge is 2.14. The van der Waals surface area contributed by atoms with Crippen LogP contribution in [-0.2, 0) is 4.79 Å². The first-order chi connectivity index (χ1) is 15.6. The molecule has 2 aliphatic rings. The molecule has 0 bridgehead atoms. The molecule has 0 aliphatic carbocycles. The summed E-state index contributed by atoms with van der Waals surface area (Å²) in [4.78, 5) is 21.8. The summed E-state index contributed by atoms with van der Waals surface area (Å²) in [5, 5.41) is 0. The zero-order chi connectivity index (χ0) is 22.3. The number of ketones is 1. The highest BCUT2D eigenvalue weighted by molar-refractivity contribution is 6.04. The van der Waals surface area contributed by atoms with Gasteiger partial charge in [0, 0.05) is 63.7 Å². The van der Waals surface area contributed by atoms with E-state index in [0.29, 0.717) is 0 Å². The molecule has 2 fully saturated rings. The maximum Gasteiger partial charge on any atom is 0.178 e. The van der Waals surface area contributed by atoms with Crippen LogP contribution in [0, 0.1) is 0 Å². The molecule has 0 radical (unpaired) electrons. The van der Waals surface area contributed by atoms with E-state index in [-0.39, 0.29) is 5.78 Å². The summed E-state index contributed by atoms with van der Waals surface area (Å²) in [6.07, 6.45) is 7.05. The van der Waals surface area contributed by atoms with Gasteiger partial charge in [-0.2, -0.15) is 0 Å². The van der Waals surface area contributed by atoms with Crippen molar-refractivity contribution in [1.29, 1.82) is 0 Å². The van der Waals surface area contributed by atoms with Crippen LogP contribution < -0.4 is 9.80 Å². The molecule has 2 aromatic carbocycles. The Kier molecular flexibility index (Phi) is 7.40. The van der Waals surface area contributed by atoms with Crippen LogP contribution in [0.15, 0.2) is 60.7 Å². The van der Waals surface area contributed by atoms with Gasteiger partial charge in [0.2, 0.25) is 0 Å². The van der Waals surface area contributed by atoms with Crippen molar-refractivity contribution in [2.75, 3.05) is 76.3 Å². The summed E-state index contributed by atoms with van der Waals surface area (Å²) in [6, 6.07) is 16.9. The van der Waals surface area contributed by atoms with Gasteiger partial charge in [0.25, 0.3) is 0 Å². The maximum atomic E-state index is 12.3. The third-order valence-electron chi connectivity index (χ3n) is 6.40. The van der Waals surface area contributed by atoms with Gasteiger partial charge in [-0.05, 0) is 61.6 Å². The number of likely N-dealkylation sites (N-methyl/N-ethyl adjacent to an activating group) is 2. The Morgan fingerprint density at radius 1 is 0.594 bits per heavy atom. The Morgan fingerprint density at radius 2 is 0.938 bits per heavy atom. The molecule has 0 spiro atoms. The minimum atomic E-state index is -0.00344. The van der Waals surface area contributed by atoms with Crippen LogP contribution in [0.3, 0.4) is 0 Å². The van der Waals surface area contributed by atoms with Gasteiger partial charge in [-0.1, -0.05) is 36.4 Å². The molecule has 0 saturated carbocycles. The molecule has 2 heterocycles. The molecule has 168 valence electrons. The van der Waals surface area contributed by atoms with Gasteiger partial charge >= 0.3 is 0 Å². The Bertz CT molecular complexity index is 855. The average molecular weight is 431 g/mol.